The molecule has 0 atom stereocenters. The fourth-order valence-corrected chi connectivity index (χ4v) is 4.88. The zero-order valence-electron chi connectivity index (χ0n) is 20.1. The third kappa shape index (κ3) is 5.24. The molecule has 2 amide bonds. The first-order valence-corrected chi connectivity index (χ1v) is 12.6. The highest BCUT2D eigenvalue weighted by Crippen LogP contribution is 2.26. The van der Waals surface area contributed by atoms with E-state index in [9.17, 15) is 9.59 Å². The summed E-state index contributed by atoms with van der Waals surface area (Å²) in [4.78, 5) is 25.7. The Morgan fingerprint density at radius 1 is 0.886 bits per heavy atom. The molecule has 7 nitrogen and oxygen atoms in total. The SMILES string of the molecule is CC1CCC(NC(=O)c2cc3ccc(C(=N)N)cc3n2Cc2ccc(C(=O)NC3CC3)cc2)CC1. The van der Waals surface area contributed by atoms with Crippen molar-refractivity contribution in [2.75, 3.05) is 0 Å². The van der Waals surface area contributed by atoms with E-state index >= 15 is 0 Å². The predicted octanol–water partition coefficient (Wildman–Crippen LogP) is 4.17. The maximum absolute atomic E-state index is 13.4. The molecule has 7 heteroatoms. The Labute approximate surface area is 205 Å². The fourth-order valence-electron chi connectivity index (χ4n) is 4.88. The lowest BCUT2D eigenvalue weighted by Gasteiger charge is -2.27. The number of hydrogen-bond acceptors (Lipinski definition) is 3. The van der Waals surface area contributed by atoms with E-state index in [-0.39, 0.29) is 23.7 Å². The molecule has 0 aliphatic heterocycles. The van der Waals surface area contributed by atoms with E-state index in [0.29, 0.717) is 35.3 Å². The molecule has 5 rings (SSSR count). The second-order valence-corrected chi connectivity index (χ2v) is 10.2. The molecule has 3 aromatic rings. The van der Waals surface area contributed by atoms with E-state index in [4.69, 9.17) is 11.1 Å². The summed E-state index contributed by atoms with van der Waals surface area (Å²) in [6, 6.07) is 15.6. The van der Waals surface area contributed by atoms with Gasteiger partial charge in [-0.15, -0.1) is 0 Å². The second-order valence-electron chi connectivity index (χ2n) is 10.2. The van der Waals surface area contributed by atoms with E-state index in [0.717, 1.165) is 55.0 Å². The number of nitrogens with one attached hydrogen (secondary N) is 3. The third-order valence-corrected chi connectivity index (χ3v) is 7.27. The van der Waals surface area contributed by atoms with Crippen LogP contribution in [0.15, 0.2) is 48.5 Å². The number of nitrogens with zero attached hydrogens (tertiary/aromatic N) is 1. The summed E-state index contributed by atoms with van der Waals surface area (Å²) in [6.45, 7) is 2.74. The van der Waals surface area contributed by atoms with Crippen LogP contribution in [0, 0.1) is 11.3 Å². The van der Waals surface area contributed by atoms with Crippen LogP contribution in [0.4, 0.5) is 0 Å². The molecule has 2 aromatic carbocycles. The highest BCUT2D eigenvalue weighted by Gasteiger charge is 2.25. The van der Waals surface area contributed by atoms with Gasteiger partial charge < -0.3 is 20.9 Å². The average molecular weight is 472 g/mol. The topological polar surface area (TPSA) is 113 Å². The van der Waals surface area contributed by atoms with Gasteiger partial charge in [0.1, 0.15) is 11.5 Å². The number of nitrogen functional groups attached to an aromatic ring is 1. The maximum Gasteiger partial charge on any atom is 0.268 e. The number of aromatic nitrogens is 1. The van der Waals surface area contributed by atoms with Crippen molar-refractivity contribution >= 4 is 28.6 Å². The monoisotopic (exact) mass is 471 g/mol. The summed E-state index contributed by atoms with van der Waals surface area (Å²) in [7, 11) is 0. The number of fused-ring (bicyclic) bond motifs is 1. The molecule has 0 radical (unpaired) electrons. The van der Waals surface area contributed by atoms with Crippen molar-refractivity contribution in [3.8, 4) is 0 Å². The largest absolute Gasteiger partial charge is 0.384 e. The van der Waals surface area contributed by atoms with E-state index in [1.807, 2.05) is 53.1 Å². The molecule has 2 aliphatic carbocycles. The van der Waals surface area contributed by atoms with Gasteiger partial charge in [-0.25, -0.2) is 0 Å². The molecule has 35 heavy (non-hydrogen) atoms. The predicted molar refractivity (Wildman–Crippen MR) is 138 cm³/mol. The Kier molecular flexibility index (Phi) is 6.32. The highest BCUT2D eigenvalue weighted by molar-refractivity contribution is 6.02. The van der Waals surface area contributed by atoms with Gasteiger partial charge in [0.15, 0.2) is 0 Å². The van der Waals surface area contributed by atoms with Gasteiger partial charge in [-0.3, -0.25) is 15.0 Å². The molecule has 1 aromatic heterocycles. The molecule has 5 N–H and O–H groups in total. The Morgan fingerprint density at radius 2 is 1.49 bits per heavy atom. The third-order valence-electron chi connectivity index (χ3n) is 7.27. The van der Waals surface area contributed by atoms with Crippen molar-refractivity contribution in [1.29, 1.82) is 5.41 Å². The summed E-state index contributed by atoms with van der Waals surface area (Å²) < 4.78 is 1.99. The van der Waals surface area contributed by atoms with Crippen LogP contribution in [0.3, 0.4) is 0 Å². The Morgan fingerprint density at radius 3 is 2.11 bits per heavy atom. The summed E-state index contributed by atoms with van der Waals surface area (Å²) in [5.41, 5.74) is 9.45. The van der Waals surface area contributed by atoms with Gasteiger partial charge in [0.2, 0.25) is 0 Å². The molecule has 0 unspecified atom stereocenters. The van der Waals surface area contributed by atoms with Gasteiger partial charge in [0.05, 0.1) is 0 Å². The van der Waals surface area contributed by atoms with Crippen molar-refractivity contribution in [2.24, 2.45) is 11.7 Å². The van der Waals surface area contributed by atoms with Gasteiger partial charge >= 0.3 is 0 Å². The maximum atomic E-state index is 13.4. The number of hydrogen-bond donors (Lipinski definition) is 4. The van der Waals surface area contributed by atoms with Gasteiger partial charge in [-0.1, -0.05) is 31.2 Å². The van der Waals surface area contributed by atoms with Crippen LogP contribution < -0.4 is 16.4 Å². The number of carbonyl (C=O) groups excluding carboxylic acids is 2. The van der Waals surface area contributed by atoms with E-state index in [1.165, 1.54) is 0 Å². The lowest BCUT2D eigenvalue weighted by Crippen LogP contribution is -2.38. The van der Waals surface area contributed by atoms with Crippen LogP contribution in [0.1, 0.15) is 77.4 Å². The van der Waals surface area contributed by atoms with Gasteiger partial charge in [0.25, 0.3) is 11.8 Å². The van der Waals surface area contributed by atoms with Gasteiger partial charge in [0, 0.05) is 40.7 Å². The van der Waals surface area contributed by atoms with Crippen molar-refractivity contribution < 1.29 is 9.59 Å². The van der Waals surface area contributed by atoms with E-state index in [2.05, 4.69) is 17.6 Å². The van der Waals surface area contributed by atoms with Gasteiger partial charge in [-0.2, -0.15) is 0 Å². The zero-order valence-corrected chi connectivity index (χ0v) is 20.1. The molecule has 0 bridgehead atoms. The van der Waals surface area contributed by atoms with Crippen LogP contribution in [-0.4, -0.2) is 34.3 Å². The molecular formula is C28H33N5O2. The first kappa shape index (κ1) is 23.1. The number of rotatable bonds is 7. The molecule has 2 aliphatic rings. The number of amidine groups is 1. The first-order valence-electron chi connectivity index (χ1n) is 12.6. The molecule has 1 heterocycles. The minimum Gasteiger partial charge on any atom is -0.384 e. The van der Waals surface area contributed by atoms with Crippen molar-refractivity contribution in [3.05, 3.63) is 70.9 Å². The summed E-state index contributed by atoms with van der Waals surface area (Å²) in [6.07, 6.45) is 6.39. The average Bonchev–Trinajstić information content (AvgIpc) is 3.59. The summed E-state index contributed by atoms with van der Waals surface area (Å²) in [5, 5.41) is 15.0. The molecular weight excluding hydrogens is 438 g/mol. The minimum atomic E-state index is -0.0782. The zero-order chi connectivity index (χ0) is 24.5. The summed E-state index contributed by atoms with van der Waals surface area (Å²) in [5.74, 6) is 0.589. The Balaban J connectivity index is 1.43. The number of benzene rings is 2. The fraction of sp³-hybridized carbons (Fsp3) is 0.393. The smallest absolute Gasteiger partial charge is 0.268 e. The highest BCUT2D eigenvalue weighted by atomic mass is 16.2. The standard InChI is InChI=1S/C28H33N5O2/c1-17-2-10-22(11-3-17)32-28(35)25-14-20-8-9-21(26(29)30)15-24(20)33(25)16-18-4-6-19(7-5-18)27(34)31-23-12-13-23/h4-9,14-15,17,22-23H,2-3,10-13,16H2,1H3,(H3,29,30)(H,31,34)(H,32,35). The molecule has 0 spiro atoms. The van der Waals surface area contributed by atoms with Crippen molar-refractivity contribution in [2.45, 2.75) is 64.1 Å². The van der Waals surface area contributed by atoms with Gasteiger partial charge in [-0.05, 0) is 74.3 Å². The number of carbonyl (C=O) groups is 2. The van der Waals surface area contributed by atoms with Crippen LogP contribution in [0.25, 0.3) is 10.9 Å². The number of amides is 2. The van der Waals surface area contributed by atoms with Crippen molar-refractivity contribution in [1.82, 2.24) is 15.2 Å². The van der Waals surface area contributed by atoms with Crippen molar-refractivity contribution in [3.63, 3.8) is 0 Å². The molecule has 182 valence electrons. The molecule has 0 saturated heterocycles. The molecule has 2 fully saturated rings. The first-order chi connectivity index (χ1) is 16.9. The Bertz CT molecular complexity index is 1260. The quantitative estimate of drug-likeness (QED) is 0.306. The second kappa shape index (κ2) is 9.56. The number of nitrogens with two attached hydrogens (primary N) is 1. The minimum absolute atomic E-state index is 0.00648. The van der Waals surface area contributed by atoms with E-state index < -0.39 is 0 Å². The van der Waals surface area contributed by atoms with E-state index in [1.54, 1.807) is 0 Å². The Hall–Kier alpha value is -3.61. The van der Waals surface area contributed by atoms with Crippen LogP contribution in [0.2, 0.25) is 0 Å². The van der Waals surface area contributed by atoms with Crippen LogP contribution >= 0.6 is 0 Å². The normalized spacial score (nSPS) is 19.9. The van der Waals surface area contributed by atoms with Crippen LogP contribution in [-0.2, 0) is 6.54 Å². The lowest BCUT2D eigenvalue weighted by atomic mass is 9.87. The molecule has 2 saturated carbocycles. The van der Waals surface area contributed by atoms with Crippen LogP contribution in [0.5, 0.6) is 0 Å². The lowest BCUT2D eigenvalue weighted by molar-refractivity contribution is 0.0913. The summed E-state index contributed by atoms with van der Waals surface area (Å²) >= 11 is 0.